The monoisotopic (exact) mass is 404 g/mol. The number of nitrogens with zero attached hydrogens (tertiary/aromatic N) is 1. The van der Waals surface area contributed by atoms with Gasteiger partial charge in [-0.2, -0.15) is 0 Å². The van der Waals surface area contributed by atoms with E-state index in [1.165, 1.54) is 5.56 Å². The summed E-state index contributed by atoms with van der Waals surface area (Å²) in [6, 6.07) is 23.4. The van der Waals surface area contributed by atoms with Crippen LogP contribution in [-0.4, -0.2) is 31.4 Å². The van der Waals surface area contributed by atoms with Gasteiger partial charge in [-0.3, -0.25) is 4.79 Å². The zero-order valence-corrected chi connectivity index (χ0v) is 17.5. The number of hydrogen-bond acceptors (Lipinski definition) is 2. The molecule has 29 heavy (non-hydrogen) atoms. The van der Waals surface area contributed by atoms with E-state index in [2.05, 4.69) is 30.9 Å². The maximum absolute atomic E-state index is 12.6. The maximum Gasteiger partial charge on any atom is 0.255 e. The van der Waals surface area contributed by atoms with Gasteiger partial charge in [-0.05, 0) is 55.4 Å². The summed E-state index contributed by atoms with van der Waals surface area (Å²) in [6.07, 6.45) is 0.972. The molecule has 0 atom stereocenters. The van der Waals surface area contributed by atoms with E-state index in [0.29, 0.717) is 16.2 Å². The molecule has 3 rings (SSSR count). The third-order valence-electron chi connectivity index (χ3n) is 4.74. The standard InChI is InChI=1S/C25H25ClN2O/c1-18(21-11-14-23(24(26)17-21)20-7-5-4-6-8-20)25(29)27-22-12-9-19(10-13-22)15-16-28(2)3/h4-14,17H,1,15-16H2,2-3H3,(H,27,29). The molecule has 0 aliphatic heterocycles. The summed E-state index contributed by atoms with van der Waals surface area (Å²) in [7, 11) is 4.11. The number of benzene rings is 3. The van der Waals surface area contributed by atoms with Gasteiger partial charge in [0.05, 0.1) is 0 Å². The van der Waals surface area contributed by atoms with E-state index in [9.17, 15) is 4.79 Å². The minimum absolute atomic E-state index is 0.241. The van der Waals surface area contributed by atoms with Crippen LogP contribution >= 0.6 is 11.6 Å². The van der Waals surface area contributed by atoms with E-state index in [4.69, 9.17) is 11.6 Å². The van der Waals surface area contributed by atoms with Gasteiger partial charge in [0.25, 0.3) is 5.91 Å². The Morgan fingerprint density at radius 2 is 1.69 bits per heavy atom. The van der Waals surface area contributed by atoms with Crippen molar-refractivity contribution in [1.29, 1.82) is 0 Å². The lowest BCUT2D eigenvalue weighted by Gasteiger charge is -2.12. The Bertz CT molecular complexity index is 995. The highest BCUT2D eigenvalue weighted by Crippen LogP contribution is 2.30. The molecule has 0 aliphatic rings. The molecule has 0 aromatic heterocycles. The first-order chi connectivity index (χ1) is 13.9. The van der Waals surface area contributed by atoms with Gasteiger partial charge < -0.3 is 10.2 Å². The number of halogens is 1. The summed E-state index contributed by atoms with van der Waals surface area (Å²) in [5.41, 5.74) is 5.03. The van der Waals surface area contributed by atoms with Crippen molar-refractivity contribution in [3.63, 3.8) is 0 Å². The molecule has 0 saturated carbocycles. The van der Waals surface area contributed by atoms with Gasteiger partial charge in [-0.1, -0.05) is 72.8 Å². The first kappa shape index (κ1) is 20.8. The van der Waals surface area contributed by atoms with E-state index >= 15 is 0 Å². The molecule has 1 amide bonds. The molecular weight excluding hydrogens is 380 g/mol. The van der Waals surface area contributed by atoms with Crippen molar-refractivity contribution >= 4 is 28.8 Å². The number of anilines is 1. The highest BCUT2D eigenvalue weighted by atomic mass is 35.5. The third kappa shape index (κ3) is 5.57. The Kier molecular flexibility index (Phi) is 6.86. The lowest BCUT2D eigenvalue weighted by Crippen LogP contribution is -2.15. The number of carbonyl (C=O) groups excluding carboxylic acids is 1. The summed E-state index contributed by atoms with van der Waals surface area (Å²) in [6.45, 7) is 4.94. The molecule has 4 heteroatoms. The Hall–Kier alpha value is -2.88. The van der Waals surface area contributed by atoms with Crippen LogP contribution in [0.15, 0.2) is 79.4 Å². The lowest BCUT2D eigenvalue weighted by molar-refractivity contribution is -0.111. The van der Waals surface area contributed by atoms with Gasteiger partial charge in [0.2, 0.25) is 0 Å². The fourth-order valence-electron chi connectivity index (χ4n) is 3.00. The topological polar surface area (TPSA) is 32.3 Å². The Balaban J connectivity index is 1.67. The van der Waals surface area contributed by atoms with Gasteiger partial charge in [-0.25, -0.2) is 0 Å². The quantitative estimate of drug-likeness (QED) is 0.507. The normalized spacial score (nSPS) is 10.8. The van der Waals surface area contributed by atoms with Crippen LogP contribution in [0.25, 0.3) is 16.7 Å². The number of carbonyl (C=O) groups is 1. The second-order valence-corrected chi connectivity index (χ2v) is 7.65. The fraction of sp³-hybridized carbons (Fsp3) is 0.160. The van der Waals surface area contributed by atoms with Crippen LogP contribution in [-0.2, 0) is 11.2 Å². The van der Waals surface area contributed by atoms with E-state index in [1.807, 2.05) is 66.7 Å². The van der Waals surface area contributed by atoms with Gasteiger partial charge in [0.15, 0.2) is 0 Å². The Morgan fingerprint density at radius 1 is 1.00 bits per heavy atom. The van der Waals surface area contributed by atoms with Crippen LogP contribution in [0, 0.1) is 0 Å². The molecule has 0 spiro atoms. The number of likely N-dealkylation sites (N-methyl/N-ethyl adjacent to an activating group) is 1. The molecule has 0 saturated heterocycles. The third-order valence-corrected chi connectivity index (χ3v) is 5.05. The van der Waals surface area contributed by atoms with Crippen molar-refractivity contribution in [2.24, 2.45) is 0 Å². The van der Waals surface area contributed by atoms with Gasteiger partial charge in [0, 0.05) is 28.4 Å². The molecule has 0 heterocycles. The first-order valence-electron chi connectivity index (χ1n) is 9.53. The van der Waals surface area contributed by atoms with Crippen LogP contribution in [0.3, 0.4) is 0 Å². The van der Waals surface area contributed by atoms with Gasteiger partial charge in [0.1, 0.15) is 0 Å². The van der Waals surface area contributed by atoms with Crippen LogP contribution in [0.1, 0.15) is 11.1 Å². The minimum atomic E-state index is -0.241. The van der Waals surface area contributed by atoms with Crippen molar-refractivity contribution in [2.45, 2.75) is 6.42 Å². The molecule has 1 N–H and O–H groups in total. The summed E-state index contributed by atoms with van der Waals surface area (Å²) in [5.74, 6) is -0.241. The summed E-state index contributed by atoms with van der Waals surface area (Å²) in [4.78, 5) is 14.8. The average Bonchev–Trinajstić information content (AvgIpc) is 2.73. The van der Waals surface area contributed by atoms with Crippen molar-refractivity contribution in [1.82, 2.24) is 4.90 Å². The number of nitrogens with one attached hydrogen (secondary N) is 1. The average molecular weight is 405 g/mol. The minimum Gasteiger partial charge on any atom is -0.322 e. The lowest BCUT2D eigenvalue weighted by atomic mass is 10.0. The van der Waals surface area contributed by atoms with Crippen LogP contribution in [0.5, 0.6) is 0 Å². The van der Waals surface area contributed by atoms with Gasteiger partial charge >= 0.3 is 0 Å². The second kappa shape index (κ2) is 9.55. The molecule has 3 aromatic rings. The molecule has 3 nitrogen and oxygen atoms in total. The maximum atomic E-state index is 12.6. The summed E-state index contributed by atoms with van der Waals surface area (Å²) < 4.78 is 0. The van der Waals surface area contributed by atoms with Crippen LogP contribution in [0.4, 0.5) is 5.69 Å². The fourth-order valence-corrected chi connectivity index (χ4v) is 3.29. The highest BCUT2D eigenvalue weighted by molar-refractivity contribution is 6.34. The Labute approximate surface area is 177 Å². The number of hydrogen-bond donors (Lipinski definition) is 1. The number of rotatable bonds is 7. The van der Waals surface area contributed by atoms with E-state index in [-0.39, 0.29) is 5.91 Å². The van der Waals surface area contributed by atoms with E-state index in [0.717, 1.165) is 29.8 Å². The molecule has 0 aliphatic carbocycles. The van der Waals surface area contributed by atoms with E-state index in [1.54, 1.807) is 6.07 Å². The van der Waals surface area contributed by atoms with Crippen molar-refractivity contribution < 1.29 is 4.79 Å². The van der Waals surface area contributed by atoms with Crippen LogP contribution < -0.4 is 5.32 Å². The highest BCUT2D eigenvalue weighted by Gasteiger charge is 2.12. The number of amides is 1. The van der Waals surface area contributed by atoms with Gasteiger partial charge in [-0.15, -0.1) is 0 Å². The predicted octanol–water partition coefficient (Wildman–Crippen LogP) is 5.76. The molecule has 0 fully saturated rings. The molecule has 3 aromatic carbocycles. The van der Waals surface area contributed by atoms with Crippen LogP contribution in [0.2, 0.25) is 5.02 Å². The molecular formula is C25H25ClN2O. The van der Waals surface area contributed by atoms with Crippen molar-refractivity contribution in [3.05, 3.63) is 95.5 Å². The SMILES string of the molecule is C=C(C(=O)Nc1ccc(CCN(C)C)cc1)c1ccc(-c2ccccc2)c(Cl)c1. The summed E-state index contributed by atoms with van der Waals surface area (Å²) >= 11 is 6.47. The zero-order chi connectivity index (χ0) is 20.8. The smallest absolute Gasteiger partial charge is 0.255 e. The second-order valence-electron chi connectivity index (χ2n) is 7.24. The molecule has 0 unspecified atom stereocenters. The molecule has 0 radical (unpaired) electrons. The van der Waals surface area contributed by atoms with E-state index < -0.39 is 0 Å². The first-order valence-corrected chi connectivity index (χ1v) is 9.91. The molecule has 148 valence electrons. The Morgan fingerprint density at radius 3 is 2.31 bits per heavy atom. The predicted molar refractivity (Wildman–Crippen MR) is 123 cm³/mol. The summed E-state index contributed by atoms with van der Waals surface area (Å²) in [5, 5.41) is 3.50. The largest absolute Gasteiger partial charge is 0.322 e. The molecule has 0 bridgehead atoms. The van der Waals surface area contributed by atoms with Crippen molar-refractivity contribution in [2.75, 3.05) is 26.0 Å². The van der Waals surface area contributed by atoms with Crippen molar-refractivity contribution in [3.8, 4) is 11.1 Å². The zero-order valence-electron chi connectivity index (χ0n) is 16.8.